The van der Waals surface area contributed by atoms with E-state index in [0.717, 1.165) is 42.4 Å². The van der Waals surface area contributed by atoms with Crippen molar-refractivity contribution in [2.75, 3.05) is 0 Å². The Morgan fingerprint density at radius 3 is 2.50 bits per heavy atom. The maximum absolute atomic E-state index is 11.0. The minimum absolute atomic E-state index is 0.316. The van der Waals surface area contributed by atoms with Crippen molar-refractivity contribution in [1.82, 2.24) is 0 Å². The monoisotopic (exact) mass is 220 g/mol. The number of hydrogen-bond donors (Lipinski definition) is 2. The van der Waals surface area contributed by atoms with Crippen LogP contribution in [0.15, 0.2) is 12.1 Å². The summed E-state index contributed by atoms with van der Waals surface area (Å²) in [5.74, 6) is -0.984. The SMILES string of the molecule is CC(C(=O)O)c1ccc(O)c2c1CCCC2. The molecule has 0 aromatic heterocycles. The standard InChI is InChI=1S/C13H16O3/c1-8(13(15)16)9-6-7-12(14)11-5-3-2-4-10(9)11/h6-8,14H,2-5H2,1H3,(H,15,16). The van der Waals surface area contributed by atoms with Gasteiger partial charge in [-0.05, 0) is 55.4 Å². The summed E-state index contributed by atoms with van der Waals surface area (Å²) in [5, 5.41) is 18.8. The highest BCUT2D eigenvalue weighted by molar-refractivity contribution is 5.76. The van der Waals surface area contributed by atoms with Crippen LogP contribution in [0.1, 0.15) is 42.4 Å². The molecule has 1 aromatic carbocycles. The lowest BCUT2D eigenvalue weighted by Crippen LogP contribution is -2.14. The molecule has 0 heterocycles. The van der Waals surface area contributed by atoms with Crippen molar-refractivity contribution in [3.63, 3.8) is 0 Å². The molecule has 2 rings (SSSR count). The molecule has 0 bridgehead atoms. The molecule has 1 unspecified atom stereocenters. The molecule has 16 heavy (non-hydrogen) atoms. The number of phenols is 1. The third kappa shape index (κ3) is 1.77. The lowest BCUT2D eigenvalue weighted by atomic mass is 9.83. The van der Waals surface area contributed by atoms with E-state index in [1.54, 1.807) is 19.1 Å². The zero-order valence-electron chi connectivity index (χ0n) is 9.36. The third-order valence-corrected chi connectivity index (χ3v) is 3.38. The summed E-state index contributed by atoms with van der Waals surface area (Å²) < 4.78 is 0. The molecule has 0 spiro atoms. The number of phenolic OH excluding ortho intramolecular Hbond substituents is 1. The van der Waals surface area contributed by atoms with E-state index in [9.17, 15) is 9.90 Å². The van der Waals surface area contributed by atoms with E-state index in [4.69, 9.17) is 5.11 Å². The third-order valence-electron chi connectivity index (χ3n) is 3.38. The number of carbonyl (C=O) groups is 1. The number of carboxylic acid groups (broad SMARTS) is 1. The van der Waals surface area contributed by atoms with Crippen molar-refractivity contribution in [3.8, 4) is 5.75 Å². The molecule has 1 aromatic rings. The summed E-state index contributed by atoms with van der Waals surface area (Å²) in [6, 6.07) is 3.37. The topological polar surface area (TPSA) is 57.5 Å². The molecule has 0 aliphatic heterocycles. The molecule has 1 atom stereocenters. The number of hydrogen-bond acceptors (Lipinski definition) is 2. The maximum Gasteiger partial charge on any atom is 0.310 e. The molecule has 3 nitrogen and oxygen atoms in total. The normalized spacial score (nSPS) is 16.6. The predicted molar refractivity (Wildman–Crippen MR) is 60.8 cm³/mol. The van der Waals surface area contributed by atoms with Gasteiger partial charge in [0.25, 0.3) is 0 Å². The van der Waals surface area contributed by atoms with Gasteiger partial charge in [0.2, 0.25) is 0 Å². The molecule has 0 saturated carbocycles. The van der Waals surface area contributed by atoms with Crippen LogP contribution >= 0.6 is 0 Å². The number of aromatic hydroxyl groups is 1. The molecule has 2 N–H and O–H groups in total. The van der Waals surface area contributed by atoms with Crippen molar-refractivity contribution < 1.29 is 15.0 Å². The average Bonchev–Trinajstić information content (AvgIpc) is 2.29. The van der Waals surface area contributed by atoms with Crippen LogP contribution in [-0.2, 0) is 17.6 Å². The largest absolute Gasteiger partial charge is 0.508 e. The zero-order chi connectivity index (χ0) is 11.7. The Hall–Kier alpha value is -1.51. The van der Waals surface area contributed by atoms with E-state index < -0.39 is 11.9 Å². The second kappa shape index (κ2) is 4.16. The molecular weight excluding hydrogens is 204 g/mol. The second-order valence-electron chi connectivity index (χ2n) is 4.40. The molecule has 86 valence electrons. The fraction of sp³-hybridized carbons (Fsp3) is 0.462. The summed E-state index contributed by atoms with van der Waals surface area (Å²) >= 11 is 0. The summed E-state index contributed by atoms with van der Waals surface area (Å²) in [7, 11) is 0. The molecule has 0 fully saturated rings. The van der Waals surface area contributed by atoms with Gasteiger partial charge in [-0.25, -0.2) is 0 Å². The van der Waals surface area contributed by atoms with Crippen LogP contribution in [0.2, 0.25) is 0 Å². The van der Waals surface area contributed by atoms with Gasteiger partial charge in [-0.1, -0.05) is 6.07 Å². The quantitative estimate of drug-likeness (QED) is 0.804. The van der Waals surface area contributed by atoms with Crippen LogP contribution in [0.3, 0.4) is 0 Å². The first-order valence-corrected chi connectivity index (χ1v) is 5.67. The van der Waals surface area contributed by atoms with E-state index >= 15 is 0 Å². The molecule has 0 saturated heterocycles. The van der Waals surface area contributed by atoms with Gasteiger partial charge in [0.15, 0.2) is 0 Å². The van der Waals surface area contributed by atoms with E-state index in [0.29, 0.717) is 5.75 Å². The molecule has 1 aliphatic carbocycles. The summed E-state index contributed by atoms with van der Waals surface area (Å²) in [4.78, 5) is 11.0. The van der Waals surface area contributed by atoms with Crippen molar-refractivity contribution in [2.45, 2.75) is 38.5 Å². The molecule has 0 radical (unpaired) electrons. The highest BCUT2D eigenvalue weighted by atomic mass is 16.4. The first-order chi connectivity index (χ1) is 7.61. The number of fused-ring (bicyclic) bond motifs is 1. The van der Waals surface area contributed by atoms with Gasteiger partial charge in [-0.2, -0.15) is 0 Å². The van der Waals surface area contributed by atoms with E-state index in [2.05, 4.69) is 0 Å². The van der Waals surface area contributed by atoms with E-state index in [-0.39, 0.29) is 0 Å². The van der Waals surface area contributed by atoms with Crippen LogP contribution in [0.25, 0.3) is 0 Å². The van der Waals surface area contributed by atoms with Crippen LogP contribution in [0, 0.1) is 0 Å². The molecule has 1 aliphatic rings. The van der Waals surface area contributed by atoms with Gasteiger partial charge in [0.05, 0.1) is 5.92 Å². The lowest BCUT2D eigenvalue weighted by molar-refractivity contribution is -0.138. The predicted octanol–water partition coefficient (Wildman–Crippen LogP) is 2.46. The highest BCUT2D eigenvalue weighted by Crippen LogP contribution is 2.34. The van der Waals surface area contributed by atoms with Crippen LogP contribution in [0.5, 0.6) is 5.75 Å². The van der Waals surface area contributed by atoms with Gasteiger partial charge >= 0.3 is 5.97 Å². The lowest BCUT2D eigenvalue weighted by Gasteiger charge is -2.22. The van der Waals surface area contributed by atoms with Crippen molar-refractivity contribution >= 4 is 5.97 Å². The number of benzene rings is 1. The Labute approximate surface area is 94.7 Å². The minimum Gasteiger partial charge on any atom is -0.508 e. The highest BCUT2D eigenvalue weighted by Gasteiger charge is 2.22. The number of aliphatic carboxylic acids is 1. The smallest absolute Gasteiger partial charge is 0.310 e. The molecule has 0 amide bonds. The number of carboxylic acids is 1. The van der Waals surface area contributed by atoms with Crippen LogP contribution in [-0.4, -0.2) is 16.2 Å². The Morgan fingerprint density at radius 2 is 1.88 bits per heavy atom. The Morgan fingerprint density at radius 1 is 1.25 bits per heavy atom. The first kappa shape index (κ1) is 11.0. The van der Waals surface area contributed by atoms with Crippen LogP contribution < -0.4 is 0 Å². The van der Waals surface area contributed by atoms with Gasteiger partial charge in [-0.3, -0.25) is 4.79 Å². The van der Waals surface area contributed by atoms with Gasteiger partial charge in [0, 0.05) is 0 Å². The van der Waals surface area contributed by atoms with Crippen LogP contribution in [0.4, 0.5) is 0 Å². The van der Waals surface area contributed by atoms with E-state index in [1.807, 2.05) is 0 Å². The van der Waals surface area contributed by atoms with Crippen molar-refractivity contribution in [1.29, 1.82) is 0 Å². The average molecular weight is 220 g/mol. The fourth-order valence-corrected chi connectivity index (χ4v) is 2.42. The Bertz CT molecular complexity index is 423. The van der Waals surface area contributed by atoms with Crippen molar-refractivity contribution in [2.24, 2.45) is 0 Å². The van der Waals surface area contributed by atoms with E-state index in [1.165, 1.54) is 0 Å². The summed E-state index contributed by atoms with van der Waals surface area (Å²) in [5.41, 5.74) is 2.87. The van der Waals surface area contributed by atoms with Crippen molar-refractivity contribution in [3.05, 3.63) is 28.8 Å². The molecular formula is C13H16O3. The zero-order valence-corrected chi connectivity index (χ0v) is 9.36. The first-order valence-electron chi connectivity index (χ1n) is 5.67. The second-order valence-corrected chi connectivity index (χ2v) is 4.40. The Balaban J connectivity index is 2.50. The fourth-order valence-electron chi connectivity index (χ4n) is 2.42. The molecule has 3 heteroatoms. The van der Waals surface area contributed by atoms with Gasteiger partial charge in [0.1, 0.15) is 5.75 Å². The minimum atomic E-state index is -0.807. The summed E-state index contributed by atoms with van der Waals surface area (Å²) in [6.45, 7) is 1.70. The van der Waals surface area contributed by atoms with Gasteiger partial charge in [-0.15, -0.1) is 0 Å². The van der Waals surface area contributed by atoms with Gasteiger partial charge < -0.3 is 10.2 Å². The maximum atomic E-state index is 11.0. The number of rotatable bonds is 2. The Kier molecular flexibility index (Phi) is 2.86. The summed E-state index contributed by atoms with van der Waals surface area (Å²) in [6.07, 6.45) is 3.90.